The van der Waals surface area contributed by atoms with Crippen molar-refractivity contribution in [2.24, 2.45) is 5.92 Å². The van der Waals surface area contributed by atoms with Gasteiger partial charge in [0.05, 0.1) is 21.9 Å². The fourth-order valence-electron chi connectivity index (χ4n) is 4.72. The summed E-state index contributed by atoms with van der Waals surface area (Å²) in [4.78, 5) is 15.9. The first-order valence-corrected chi connectivity index (χ1v) is 12.4. The fraction of sp³-hybridized carbons (Fsp3) is 0.348. The van der Waals surface area contributed by atoms with Crippen molar-refractivity contribution in [3.8, 4) is 16.8 Å². The number of sulfone groups is 1. The quantitative estimate of drug-likeness (QED) is 0.491. The second kappa shape index (κ2) is 7.74. The SMILES string of the molecule is Cc1noc(C)c1-c1cc(S(=O)(=O)CC2CCCC2)c2cc(-n3cccn3)c(=O)[nH]c2c1. The summed E-state index contributed by atoms with van der Waals surface area (Å²) >= 11 is 0. The van der Waals surface area contributed by atoms with Gasteiger partial charge in [-0.3, -0.25) is 4.79 Å². The minimum atomic E-state index is -3.61. The van der Waals surface area contributed by atoms with Crippen LogP contribution in [0.5, 0.6) is 0 Å². The predicted molar refractivity (Wildman–Crippen MR) is 121 cm³/mol. The number of nitrogens with zero attached hydrogens (tertiary/aromatic N) is 3. The Morgan fingerprint density at radius 3 is 2.62 bits per heavy atom. The van der Waals surface area contributed by atoms with Gasteiger partial charge in [0.15, 0.2) is 9.84 Å². The predicted octanol–water partition coefficient (Wildman–Crippen LogP) is 3.95. The van der Waals surface area contributed by atoms with Crippen LogP contribution in [0.1, 0.15) is 37.1 Å². The molecule has 0 spiro atoms. The summed E-state index contributed by atoms with van der Waals surface area (Å²) in [6.07, 6.45) is 7.21. The molecule has 1 fully saturated rings. The average Bonchev–Trinajstić information content (AvgIpc) is 3.50. The van der Waals surface area contributed by atoms with Crippen molar-refractivity contribution in [1.82, 2.24) is 19.9 Å². The first-order chi connectivity index (χ1) is 15.3. The van der Waals surface area contributed by atoms with Gasteiger partial charge in [0.25, 0.3) is 5.56 Å². The molecule has 9 heteroatoms. The molecule has 0 aliphatic heterocycles. The summed E-state index contributed by atoms with van der Waals surface area (Å²) in [5, 5.41) is 8.62. The number of nitrogens with one attached hydrogen (secondary N) is 1. The van der Waals surface area contributed by atoms with Gasteiger partial charge in [-0.2, -0.15) is 5.10 Å². The number of fused-ring (bicyclic) bond motifs is 1. The Balaban J connectivity index is 1.77. The molecule has 1 aliphatic carbocycles. The molecule has 1 aromatic carbocycles. The molecule has 8 nitrogen and oxygen atoms in total. The van der Waals surface area contributed by atoms with E-state index < -0.39 is 9.84 Å². The molecule has 3 heterocycles. The monoisotopic (exact) mass is 452 g/mol. The number of rotatable bonds is 5. The topological polar surface area (TPSA) is 111 Å². The van der Waals surface area contributed by atoms with Crippen molar-refractivity contribution in [1.29, 1.82) is 0 Å². The summed E-state index contributed by atoms with van der Waals surface area (Å²) in [6, 6.07) is 6.79. The van der Waals surface area contributed by atoms with Gasteiger partial charge in [-0.1, -0.05) is 18.0 Å². The van der Waals surface area contributed by atoms with Crippen molar-refractivity contribution in [2.75, 3.05) is 5.75 Å². The van der Waals surface area contributed by atoms with E-state index in [1.165, 1.54) is 4.68 Å². The van der Waals surface area contributed by atoms with Gasteiger partial charge < -0.3 is 9.51 Å². The Kier molecular flexibility index (Phi) is 5.00. The van der Waals surface area contributed by atoms with Crippen LogP contribution < -0.4 is 5.56 Å². The zero-order chi connectivity index (χ0) is 22.5. The third-order valence-electron chi connectivity index (χ3n) is 6.24. The summed E-state index contributed by atoms with van der Waals surface area (Å²) in [6.45, 7) is 3.60. The Morgan fingerprint density at radius 2 is 1.97 bits per heavy atom. The van der Waals surface area contributed by atoms with Crippen LogP contribution in [0.15, 0.2) is 50.9 Å². The van der Waals surface area contributed by atoms with E-state index in [1.54, 1.807) is 43.6 Å². The summed E-state index contributed by atoms with van der Waals surface area (Å²) in [7, 11) is -3.61. The van der Waals surface area contributed by atoms with Crippen molar-refractivity contribution >= 4 is 20.7 Å². The number of H-pyrrole nitrogens is 1. The van der Waals surface area contributed by atoms with Crippen molar-refractivity contribution in [2.45, 2.75) is 44.4 Å². The molecule has 32 heavy (non-hydrogen) atoms. The normalized spacial score (nSPS) is 15.1. The second-order valence-corrected chi connectivity index (χ2v) is 10.5. The highest BCUT2D eigenvalue weighted by atomic mass is 32.2. The zero-order valence-electron chi connectivity index (χ0n) is 18.0. The van der Waals surface area contributed by atoms with Crippen molar-refractivity contribution in [3.63, 3.8) is 0 Å². The van der Waals surface area contributed by atoms with Gasteiger partial charge in [-0.15, -0.1) is 0 Å². The highest BCUT2D eigenvalue weighted by Crippen LogP contribution is 2.35. The lowest BCUT2D eigenvalue weighted by Gasteiger charge is -2.15. The van der Waals surface area contributed by atoms with Crippen LogP contribution in [0.3, 0.4) is 0 Å². The van der Waals surface area contributed by atoms with E-state index in [4.69, 9.17) is 4.52 Å². The van der Waals surface area contributed by atoms with Gasteiger partial charge >= 0.3 is 0 Å². The Hall–Kier alpha value is -3.20. The summed E-state index contributed by atoms with van der Waals surface area (Å²) < 4.78 is 34.0. The Bertz CT molecular complexity index is 1440. The average molecular weight is 453 g/mol. The molecule has 1 aliphatic rings. The number of aryl methyl sites for hydroxylation is 2. The number of hydrogen-bond acceptors (Lipinski definition) is 6. The second-order valence-electron chi connectivity index (χ2n) is 8.50. The van der Waals surface area contributed by atoms with E-state index in [1.807, 2.05) is 6.92 Å². The third kappa shape index (κ3) is 3.56. The van der Waals surface area contributed by atoms with E-state index in [9.17, 15) is 13.2 Å². The molecule has 0 saturated heterocycles. The minimum absolute atomic E-state index is 0.101. The molecule has 0 radical (unpaired) electrons. The number of hydrogen-bond donors (Lipinski definition) is 1. The molecule has 1 N–H and O–H groups in total. The number of pyridine rings is 1. The van der Waals surface area contributed by atoms with Crippen LogP contribution in [0.4, 0.5) is 0 Å². The smallest absolute Gasteiger partial charge is 0.274 e. The molecule has 0 atom stereocenters. The Morgan fingerprint density at radius 1 is 1.19 bits per heavy atom. The Labute approximate surface area is 185 Å². The van der Waals surface area contributed by atoms with Crippen LogP contribution in [-0.4, -0.2) is 34.1 Å². The number of aromatic amines is 1. The van der Waals surface area contributed by atoms with E-state index in [2.05, 4.69) is 15.2 Å². The molecule has 4 aromatic rings. The fourth-order valence-corrected chi connectivity index (χ4v) is 6.67. The molecular weight excluding hydrogens is 428 g/mol. The van der Waals surface area contributed by atoms with E-state index >= 15 is 0 Å². The van der Waals surface area contributed by atoms with Gasteiger partial charge in [0, 0.05) is 23.3 Å². The highest BCUT2D eigenvalue weighted by Gasteiger charge is 2.27. The molecule has 0 bridgehead atoms. The lowest BCUT2D eigenvalue weighted by Crippen LogP contribution is -2.18. The molecule has 3 aromatic heterocycles. The molecule has 0 amide bonds. The van der Waals surface area contributed by atoms with Gasteiger partial charge in [-0.25, -0.2) is 13.1 Å². The van der Waals surface area contributed by atoms with Crippen molar-refractivity contribution < 1.29 is 12.9 Å². The molecular formula is C23H24N4O4S. The first-order valence-electron chi connectivity index (χ1n) is 10.7. The summed E-state index contributed by atoms with van der Waals surface area (Å²) in [5.41, 5.74) is 2.42. The van der Waals surface area contributed by atoms with Gasteiger partial charge in [0.2, 0.25) is 0 Å². The van der Waals surface area contributed by atoms with E-state index in [0.29, 0.717) is 27.9 Å². The van der Waals surface area contributed by atoms with Crippen molar-refractivity contribution in [3.05, 3.63) is 58.5 Å². The number of benzene rings is 1. The van der Waals surface area contributed by atoms with Crippen LogP contribution in [0.2, 0.25) is 0 Å². The van der Waals surface area contributed by atoms with Gasteiger partial charge in [0.1, 0.15) is 11.4 Å². The van der Waals surface area contributed by atoms with Crippen LogP contribution in [0, 0.1) is 19.8 Å². The summed E-state index contributed by atoms with van der Waals surface area (Å²) in [5.74, 6) is 0.853. The van der Waals surface area contributed by atoms with Crippen LogP contribution in [-0.2, 0) is 9.84 Å². The maximum Gasteiger partial charge on any atom is 0.274 e. The lowest BCUT2D eigenvalue weighted by molar-refractivity contribution is 0.393. The van der Waals surface area contributed by atoms with Crippen LogP contribution >= 0.6 is 0 Å². The molecule has 166 valence electrons. The lowest BCUT2D eigenvalue weighted by atomic mass is 10.0. The molecule has 0 unspecified atom stereocenters. The minimum Gasteiger partial charge on any atom is -0.361 e. The maximum atomic E-state index is 13.6. The molecule has 1 saturated carbocycles. The van der Waals surface area contributed by atoms with E-state index in [-0.39, 0.29) is 27.8 Å². The molecule has 5 rings (SSSR count). The highest BCUT2D eigenvalue weighted by molar-refractivity contribution is 7.91. The van der Waals surface area contributed by atoms with E-state index in [0.717, 1.165) is 31.2 Å². The zero-order valence-corrected chi connectivity index (χ0v) is 18.8. The standard InChI is InChI=1S/C23H24N4O4S/c1-14-22(15(2)31-26-14)17-10-19-18(12-20(23(28)25-19)27-9-5-8-24-27)21(11-17)32(29,30)13-16-6-3-4-7-16/h5,8-12,16H,3-4,6-7,13H2,1-2H3,(H,25,28). The largest absolute Gasteiger partial charge is 0.361 e. The number of aromatic nitrogens is 4. The van der Waals surface area contributed by atoms with Crippen LogP contribution in [0.25, 0.3) is 27.7 Å². The third-order valence-corrected chi connectivity index (χ3v) is 8.16. The maximum absolute atomic E-state index is 13.6. The van der Waals surface area contributed by atoms with Gasteiger partial charge in [-0.05, 0) is 62.4 Å². The first kappa shape index (κ1) is 20.7.